The van der Waals surface area contributed by atoms with Gasteiger partial charge in [0.1, 0.15) is 10.7 Å². The van der Waals surface area contributed by atoms with E-state index in [2.05, 4.69) is 9.62 Å². The van der Waals surface area contributed by atoms with Crippen LogP contribution in [0, 0.1) is 5.82 Å². The number of hydrogen-bond donors (Lipinski definition) is 1. The Kier molecular flexibility index (Phi) is 5.89. The second-order valence-corrected chi connectivity index (χ2v) is 8.97. The zero-order valence-corrected chi connectivity index (χ0v) is 15.8. The molecule has 4 nitrogen and oxygen atoms in total. The van der Waals surface area contributed by atoms with Gasteiger partial charge in [0.15, 0.2) is 0 Å². The molecule has 1 fully saturated rings. The van der Waals surface area contributed by atoms with Crippen molar-refractivity contribution in [2.75, 3.05) is 29.3 Å². The highest BCUT2D eigenvalue weighted by Crippen LogP contribution is 2.27. The van der Waals surface area contributed by atoms with Crippen molar-refractivity contribution in [3.8, 4) is 0 Å². The number of hydrogen-bond acceptors (Lipinski definition) is 4. The third kappa shape index (κ3) is 4.47. The Bertz CT molecular complexity index is 855. The third-order valence-electron chi connectivity index (χ3n) is 3.97. The van der Waals surface area contributed by atoms with Crippen molar-refractivity contribution in [1.82, 2.24) is 4.90 Å². The van der Waals surface area contributed by atoms with Crippen LogP contribution in [-0.4, -0.2) is 37.9 Å². The Labute approximate surface area is 156 Å². The summed E-state index contributed by atoms with van der Waals surface area (Å²) in [5.74, 6) is 1.57. The second kappa shape index (κ2) is 7.95. The maximum absolute atomic E-state index is 14.4. The normalized spacial score (nSPS) is 15.9. The predicted molar refractivity (Wildman–Crippen MR) is 101 cm³/mol. The number of benzene rings is 2. The van der Waals surface area contributed by atoms with Gasteiger partial charge in [0, 0.05) is 36.7 Å². The summed E-state index contributed by atoms with van der Waals surface area (Å²) in [6, 6.07) is 10.6. The zero-order valence-electron chi connectivity index (χ0n) is 13.4. The lowest BCUT2D eigenvalue weighted by atomic mass is 10.1. The van der Waals surface area contributed by atoms with Gasteiger partial charge in [0.2, 0.25) is 0 Å². The number of nitrogens with zero attached hydrogens (tertiary/aromatic N) is 1. The summed E-state index contributed by atoms with van der Waals surface area (Å²) in [6.07, 6.45) is 0. The fourth-order valence-corrected chi connectivity index (χ4v) is 5.25. The van der Waals surface area contributed by atoms with E-state index >= 15 is 0 Å². The van der Waals surface area contributed by atoms with Crippen molar-refractivity contribution in [2.24, 2.45) is 0 Å². The average Bonchev–Trinajstić information content (AvgIpc) is 2.59. The van der Waals surface area contributed by atoms with Gasteiger partial charge in [0.05, 0.1) is 10.7 Å². The molecule has 1 aliphatic heterocycles. The predicted octanol–water partition coefficient (Wildman–Crippen LogP) is 3.83. The third-order valence-corrected chi connectivity index (χ3v) is 6.78. The first-order chi connectivity index (χ1) is 12.0. The molecule has 0 aliphatic carbocycles. The summed E-state index contributed by atoms with van der Waals surface area (Å²) < 4.78 is 42.1. The Morgan fingerprint density at radius 2 is 1.84 bits per heavy atom. The van der Waals surface area contributed by atoms with Crippen molar-refractivity contribution in [1.29, 1.82) is 0 Å². The molecule has 0 amide bonds. The van der Waals surface area contributed by atoms with E-state index in [0.717, 1.165) is 24.6 Å². The van der Waals surface area contributed by atoms with E-state index in [1.54, 1.807) is 18.2 Å². The van der Waals surface area contributed by atoms with Gasteiger partial charge in [-0.3, -0.25) is 9.62 Å². The van der Waals surface area contributed by atoms with Gasteiger partial charge in [-0.1, -0.05) is 29.8 Å². The Balaban J connectivity index is 1.89. The van der Waals surface area contributed by atoms with Gasteiger partial charge < -0.3 is 0 Å². The number of anilines is 1. The minimum Gasteiger partial charge on any atom is -0.297 e. The van der Waals surface area contributed by atoms with Gasteiger partial charge in [-0.15, -0.1) is 0 Å². The van der Waals surface area contributed by atoms with Crippen molar-refractivity contribution >= 4 is 39.1 Å². The van der Waals surface area contributed by atoms with E-state index in [0.29, 0.717) is 12.1 Å². The van der Waals surface area contributed by atoms with Gasteiger partial charge in [-0.2, -0.15) is 11.8 Å². The highest BCUT2D eigenvalue weighted by atomic mass is 35.5. The molecule has 134 valence electrons. The van der Waals surface area contributed by atoms with Crippen molar-refractivity contribution in [2.45, 2.75) is 11.4 Å². The molecule has 2 aromatic rings. The van der Waals surface area contributed by atoms with Crippen LogP contribution in [0.1, 0.15) is 5.56 Å². The molecule has 0 unspecified atom stereocenters. The molecule has 25 heavy (non-hydrogen) atoms. The molecular formula is C17H18ClFN2O2S2. The van der Waals surface area contributed by atoms with E-state index < -0.39 is 15.8 Å². The molecule has 1 heterocycles. The molecule has 2 aromatic carbocycles. The maximum Gasteiger partial charge on any atom is 0.263 e. The fourth-order valence-electron chi connectivity index (χ4n) is 2.66. The largest absolute Gasteiger partial charge is 0.297 e. The molecular weight excluding hydrogens is 383 g/mol. The molecule has 0 atom stereocenters. The lowest BCUT2D eigenvalue weighted by molar-refractivity contribution is 0.290. The first kappa shape index (κ1) is 18.5. The number of nitrogens with one attached hydrogen (secondary N) is 1. The van der Waals surface area contributed by atoms with Crippen LogP contribution in [0.2, 0.25) is 5.02 Å². The van der Waals surface area contributed by atoms with Crippen molar-refractivity contribution in [3.63, 3.8) is 0 Å². The molecule has 8 heteroatoms. The smallest absolute Gasteiger partial charge is 0.263 e. The van der Waals surface area contributed by atoms with Crippen molar-refractivity contribution in [3.05, 3.63) is 58.9 Å². The first-order valence-electron chi connectivity index (χ1n) is 7.82. The topological polar surface area (TPSA) is 49.4 Å². The molecule has 3 rings (SSSR count). The van der Waals surface area contributed by atoms with Crippen LogP contribution in [0.15, 0.2) is 47.4 Å². The van der Waals surface area contributed by atoms with Crippen LogP contribution >= 0.6 is 23.4 Å². The van der Waals surface area contributed by atoms with Crippen LogP contribution in [0.3, 0.4) is 0 Å². The molecule has 1 saturated heterocycles. The van der Waals surface area contributed by atoms with Gasteiger partial charge in [-0.25, -0.2) is 12.8 Å². The minimum absolute atomic E-state index is 0.0266. The molecule has 0 saturated carbocycles. The molecule has 0 radical (unpaired) electrons. The SMILES string of the molecule is O=S(=O)(Nc1cccc(F)c1CN1CCSCC1)c1ccccc1Cl. The van der Waals surface area contributed by atoms with Crippen LogP contribution < -0.4 is 4.72 Å². The number of thioether (sulfide) groups is 1. The van der Waals surface area contributed by atoms with Crippen molar-refractivity contribution < 1.29 is 12.8 Å². The summed E-state index contributed by atoms with van der Waals surface area (Å²) in [4.78, 5) is 2.10. The quantitative estimate of drug-likeness (QED) is 0.828. The summed E-state index contributed by atoms with van der Waals surface area (Å²) >= 11 is 7.86. The van der Waals surface area contributed by atoms with Gasteiger partial charge in [-0.05, 0) is 24.3 Å². The van der Waals surface area contributed by atoms with E-state index in [4.69, 9.17) is 11.6 Å². The highest BCUT2D eigenvalue weighted by molar-refractivity contribution is 7.99. The minimum atomic E-state index is -3.90. The van der Waals surface area contributed by atoms with Gasteiger partial charge in [0.25, 0.3) is 10.0 Å². The van der Waals surface area contributed by atoms with E-state index in [1.165, 1.54) is 24.3 Å². The standard InChI is InChI=1S/C17H18ClFN2O2S2/c18-14-4-1-2-7-17(14)25(22,23)20-16-6-3-5-15(19)13(16)12-21-8-10-24-11-9-21/h1-7,20H,8-12H2. The summed E-state index contributed by atoms with van der Waals surface area (Å²) in [5.41, 5.74) is 0.600. The average molecular weight is 401 g/mol. The van der Waals surface area contributed by atoms with Crippen LogP contribution in [-0.2, 0) is 16.6 Å². The fraction of sp³-hybridized carbons (Fsp3) is 0.294. The maximum atomic E-state index is 14.4. The van der Waals surface area contributed by atoms with Crippen LogP contribution in [0.25, 0.3) is 0 Å². The zero-order chi connectivity index (χ0) is 17.9. The summed E-state index contributed by atoms with van der Waals surface area (Å²) in [6.45, 7) is 2.08. The highest BCUT2D eigenvalue weighted by Gasteiger charge is 2.21. The molecule has 0 bridgehead atoms. The molecule has 0 aromatic heterocycles. The number of sulfonamides is 1. The summed E-state index contributed by atoms with van der Waals surface area (Å²) in [7, 11) is -3.90. The summed E-state index contributed by atoms with van der Waals surface area (Å²) in [5, 5.41) is 0.126. The lowest BCUT2D eigenvalue weighted by Gasteiger charge is -2.27. The molecule has 1 N–H and O–H groups in total. The Hall–Kier alpha value is -1.28. The lowest BCUT2D eigenvalue weighted by Crippen LogP contribution is -2.32. The van der Waals surface area contributed by atoms with E-state index in [9.17, 15) is 12.8 Å². The molecule has 0 spiro atoms. The number of halogens is 2. The van der Waals surface area contributed by atoms with Gasteiger partial charge >= 0.3 is 0 Å². The second-order valence-electron chi connectivity index (χ2n) is 5.69. The van der Waals surface area contributed by atoms with Crippen LogP contribution in [0.4, 0.5) is 10.1 Å². The van der Waals surface area contributed by atoms with E-state index in [-0.39, 0.29) is 15.6 Å². The Morgan fingerprint density at radius 1 is 1.12 bits per heavy atom. The van der Waals surface area contributed by atoms with Crippen LogP contribution in [0.5, 0.6) is 0 Å². The molecule has 1 aliphatic rings. The Morgan fingerprint density at radius 3 is 2.56 bits per heavy atom. The van der Waals surface area contributed by atoms with E-state index in [1.807, 2.05) is 11.8 Å². The first-order valence-corrected chi connectivity index (χ1v) is 10.8. The monoisotopic (exact) mass is 400 g/mol. The number of rotatable bonds is 5.